The summed E-state index contributed by atoms with van der Waals surface area (Å²) in [4.78, 5) is 9.10. The summed E-state index contributed by atoms with van der Waals surface area (Å²) in [7, 11) is -3.97. The van der Waals surface area contributed by atoms with E-state index in [-0.39, 0.29) is 24.0 Å². The van der Waals surface area contributed by atoms with E-state index in [9.17, 15) is 21.6 Å². The van der Waals surface area contributed by atoms with Crippen LogP contribution in [0, 0.1) is 0 Å². The van der Waals surface area contributed by atoms with Gasteiger partial charge in [0.15, 0.2) is 0 Å². The standard InChI is InChI=1S/C21H21F3N4O2S/c1-15(19-12-25-14-26-19)28-11-10-27(13-16-4-2-3-5-20(16)28)31(29,30)18-8-6-17(7-9-18)21(22,23)24/h2-9,12,14-15H,10-11,13H2,1H3,(H,25,26). The lowest BCUT2D eigenvalue weighted by Gasteiger charge is -2.30. The maximum atomic E-state index is 13.2. The molecule has 1 aliphatic heterocycles. The highest BCUT2D eigenvalue weighted by molar-refractivity contribution is 7.89. The van der Waals surface area contributed by atoms with Crippen molar-refractivity contribution in [3.8, 4) is 0 Å². The molecule has 1 unspecified atom stereocenters. The van der Waals surface area contributed by atoms with Crippen molar-refractivity contribution in [3.05, 3.63) is 77.9 Å². The molecule has 0 spiro atoms. The third-order valence-electron chi connectivity index (χ3n) is 5.49. The molecule has 2 aromatic carbocycles. The van der Waals surface area contributed by atoms with Crippen LogP contribution in [0.4, 0.5) is 18.9 Å². The van der Waals surface area contributed by atoms with Crippen LogP contribution in [0.25, 0.3) is 0 Å². The highest BCUT2D eigenvalue weighted by Crippen LogP contribution is 2.34. The van der Waals surface area contributed by atoms with Crippen molar-refractivity contribution < 1.29 is 21.6 Å². The SMILES string of the molecule is CC(c1cnc[nH]1)N1CCN(S(=O)(=O)c2ccc(C(F)(F)F)cc2)Cc2ccccc21. The second-order valence-electron chi connectivity index (χ2n) is 7.37. The number of halogens is 3. The maximum absolute atomic E-state index is 13.2. The highest BCUT2D eigenvalue weighted by Gasteiger charge is 2.33. The van der Waals surface area contributed by atoms with E-state index >= 15 is 0 Å². The van der Waals surface area contributed by atoms with Crippen LogP contribution in [-0.2, 0) is 22.7 Å². The van der Waals surface area contributed by atoms with Crippen molar-refractivity contribution in [2.24, 2.45) is 0 Å². The van der Waals surface area contributed by atoms with E-state index in [1.165, 1.54) is 4.31 Å². The molecule has 0 bridgehead atoms. The summed E-state index contributed by atoms with van der Waals surface area (Å²) >= 11 is 0. The summed E-state index contributed by atoms with van der Waals surface area (Å²) in [6.45, 7) is 2.74. The van der Waals surface area contributed by atoms with Gasteiger partial charge in [0.25, 0.3) is 0 Å². The van der Waals surface area contributed by atoms with Crippen molar-refractivity contribution in [1.82, 2.24) is 14.3 Å². The van der Waals surface area contributed by atoms with Crippen LogP contribution in [0.2, 0.25) is 0 Å². The number of alkyl halides is 3. The molecule has 1 atom stereocenters. The fourth-order valence-corrected chi connectivity index (χ4v) is 5.18. The number of benzene rings is 2. The molecule has 164 valence electrons. The van der Waals surface area contributed by atoms with E-state index in [0.29, 0.717) is 6.54 Å². The number of hydrogen-bond acceptors (Lipinski definition) is 4. The molecule has 3 aromatic rings. The molecular formula is C21H21F3N4O2S. The second kappa shape index (κ2) is 8.01. The van der Waals surface area contributed by atoms with Crippen LogP contribution in [0.5, 0.6) is 0 Å². The third kappa shape index (κ3) is 4.17. The van der Waals surface area contributed by atoms with Gasteiger partial charge in [-0.15, -0.1) is 0 Å². The van der Waals surface area contributed by atoms with E-state index in [2.05, 4.69) is 14.9 Å². The molecule has 0 amide bonds. The largest absolute Gasteiger partial charge is 0.416 e. The molecule has 2 heterocycles. The summed E-state index contributed by atoms with van der Waals surface area (Å²) in [5, 5.41) is 0. The Kier molecular flexibility index (Phi) is 5.52. The second-order valence-corrected chi connectivity index (χ2v) is 9.30. The number of aromatic amines is 1. The zero-order valence-corrected chi connectivity index (χ0v) is 17.5. The minimum absolute atomic E-state index is 0.0719. The normalized spacial score (nSPS) is 16.6. The van der Waals surface area contributed by atoms with Gasteiger partial charge in [0.2, 0.25) is 10.0 Å². The van der Waals surface area contributed by atoms with E-state index in [4.69, 9.17) is 0 Å². The van der Waals surface area contributed by atoms with Gasteiger partial charge in [0, 0.05) is 25.3 Å². The molecule has 0 fully saturated rings. The first kappa shape index (κ1) is 21.4. The smallest absolute Gasteiger partial charge is 0.362 e. The molecular weight excluding hydrogens is 429 g/mol. The first-order valence-corrected chi connectivity index (χ1v) is 11.1. The molecule has 0 radical (unpaired) electrons. The number of nitrogens with one attached hydrogen (secondary N) is 1. The van der Waals surface area contributed by atoms with Gasteiger partial charge in [-0.25, -0.2) is 13.4 Å². The monoisotopic (exact) mass is 450 g/mol. The molecule has 0 aliphatic carbocycles. The van der Waals surface area contributed by atoms with Crippen molar-refractivity contribution in [1.29, 1.82) is 0 Å². The Bertz CT molecular complexity index is 1150. The molecule has 31 heavy (non-hydrogen) atoms. The predicted octanol–water partition coefficient (Wildman–Crippen LogP) is 4.20. The van der Waals surface area contributed by atoms with Crippen molar-refractivity contribution in [2.75, 3.05) is 18.0 Å². The average Bonchev–Trinajstić information content (AvgIpc) is 3.20. The van der Waals surface area contributed by atoms with E-state index in [1.807, 2.05) is 31.2 Å². The van der Waals surface area contributed by atoms with Gasteiger partial charge in [0.1, 0.15) is 0 Å². The van der Waals surface area contributed by atoms with Crippen LogP contribution in [0.1, 0.15) is 29.8 Å². The first-order valence-electron chi connectivity index (χ1n) is 9.68. The first-order chi connectivity index (χ1) is 14.7. The summed E-state index contributed by atoms with van der Waals surface area (Å²) in [6.07, 6.45) is -1.20. The number of H-pyrrole nitrogens is 1. The number of aromatic nitrogens is 2. The number of sulfonamides is 1. The Morgan fingerprint density at radius 2 is 1.77 bits per heavy atom. The van der Waals surface area contributed by atoms with Gasteiger partial charge in [0.05, 0.1) is 34.7 Å². The van der Waals surface area contributed by atoms with Crippen LogP contribution >= 0.6 is 0 Å². The summed E-state index contributed by atoms with van der Waals surface area (Å²) in [6, 6.07) is 11.1. The quantitative estimate of drug-likeness (QED) is 0.647. The average molecular weight is 450 g/mol. The molecule has 1 N–H and O–H groups in total. The van der Waals surface area contributed by atoms with Gasteiger partial charge in [-0.3, -0.25) is 0 Å². The van der Waals surface area contributed by atoms with E-state index < -0.39 is 21.8 Å². The molecule has 4 rings (SSSR count). The number of hydrogen-bond donors (Lipinski definition) is 1. The van der Waals surface area contributed by atoms with Crippen molar-refractivity contribution in [3.63, 3.8) is 0 Å². The van der Waals surface area contributed by atoms with Gasteiger partial charge in [-0.1, -0.05) is 18.2 Å². The Labute approximate surface area is 178 Å². The van der Waals surface area contributed by atoms with Gasteiger partial charge in [-0.2, -0.15) is 17.5 Å². The van der Waals surface area contributed by atoms with E-state index in [0.717, 1.165) is 41.2 Å². The number of para-hydroxylation sites is 1. The third-order valence-corrected chi connectivity index (χ3v) is 7.35. The minimum atomic E-state index is -4.52. The topological polar surface area (TPSA) is 69.3 Å². The number of anilines is 1. The lowest BCUT2D eigenvalue weighted by molar-refractivity contribution is -0.137. The Balaban J connectivity index is 1.66. The van der Waals surface area contributed by atoms with Crippen LogP contribution in [0.15, 0.2) is 66.0 Å². The maximum Gasteiger partial charge on any atom is 0.416 e. The Hall–Kier alpha value is -2.85. The summed E-state index contributed by atoms with van der Waals surface area (Å²) < 4.78 is 66.3. The molecule has 1 aliphatic rings. The minimum Gasteiger partial charge on any atom is -0.362 e. The van der Waals surface area contributed by atoms with Crippen LogP contribution in [0.3, 0.4) is 0 Å². The molecule has 0 saturated carbocycles. The fourth-order valence-electron chi connectivity index (χ4n) is 3.77. The van der Waals surface area contributed by atoms with Crippen molar-refractivity contribution in [2.45, 2.75) is 30.6 Å². The number of rotatable bonds is 4. The summed E-state index contributed by atoms with van der Waals surface area (Å²) in [5.74, 6) is 0. The van der Waals surface area contributed by atoms with Crippen LogP contribution < -0.4 is 4.90 Å². The number of imidazole rings is 1. The van der Waals surface area contributed by atoms with Gasteiger partial charge in [-0.05, 0) is 42.8 Å². The van der Waals surface area contributed by atoms with Gasteiger partial charge < -0.3 is 9.88 Å². The molecule has 6 nitrogen and oxygen atoms in total. The van der Waals surface area contributed by atoms with Gasteiger partial charge >= 0.3 is 6.18 Å². The van der Waals surface area contributed by atoms with Crippen molar-refractivity contribution >= 4 is 15.7 Å². The van der Waals surface area contributed by atoms with Crippen LogP contribution in [-0.4, -0.2) is 35.8 Å². The zero-order chi connectivity index (χ0) is 22.2. The summed E-state index contributed by atoms with van der Waals surface area (Å²) in [5.41, 5.74) is 1.75. The lowest BCUT2D eigenvalue weighted by atomic mass is 10.1. The molecule has 1 aromatic heterocycles. The predicted molar refractivity (Wildman–Crippen MR) is 110 cm³/mol. The number of nitrogens with zero attached hydrogens (tertiary/aromatic N) is 3. The fraction of sp³-hybridized carbons (Fsp3) is 0.286. The lowest BCUT2D eigenvalue weighted by Crippen LogP contribution is -2.36. The zero-order valence-electron chi connectivity index (χ0n) is 16.7. The number of fused-ring (bicyclic) bond motifs is 1. The Morgan fingerprint density at radius 3 is 2.42 bits per heavy atom. The van der Waals surface area contributed by atoms with E-state index in [1.54, 1.807) is 12.5 Å². The molecule has 0 saturated heterocycles. The molecule has 10 heteroatoms. The highest BCUT2D eigenvalue weighted by atomic mass is 32.2. The Morgan fingerprint density at radius 1 is 1.06 bits per heavy atom.